The Bertz CT molecular complexity index is 888. The van der Waals surface area contributed by atoms with Crippen molar-refractivity contribution < 1.29 is 23.2 Å². The van der Waals surface area contributed by atoms with Crippen LogP contribution in [0.15, 0.2) is 41.9 Å². The van der Waals surface area contributed by atoms with Gasteiger partial charge in [0.25, 0.3) is 5.69 Å². The van der Waals surface area contributed by atoms with Crippen LogP contribution in [0.25, 0.3) is 0 Å². The van der Waals surface area contributed by atoms with Crippen molar-refractivity contribution >= 4 is 11.4 Å². The Balaban J connectivity index is 0.000000354. The van der Waals surface area contributed by atoms with Crippen molar-refractivity contribution in [3.63, 3.8) is 0 Å². The second kappa shape index (κ2) is 14.8. The first-order chi connectivity index (χ1) is 16.6. The van der Waals surface area contributed by atoms with Gasteiger partial charge in [-0.25, -0.2) is 0 Å². The van der Waals surface area contributed by atoms with Crippen LogP contribution in [0.2, 0.25) is 0 Å². The average Bonchev–Trinajstić information content (AvgIpc) is 2.86. The first kappa shape index (κ1) is 29.6. The second-order valence-electron chi connectivity index (χ2n) is 8.08. The largest absolute Gasteiger partial charge is 0.506 e. The predicted molar refractivity (Wildman–Crippen MR) is 132 cm³/mol. The van der Waals surface area contributed by atoms with Crippen LogP contribution in [0.3, 0.4) is 0 Å². The lowest BCUT2D eigenvalue weighted by atomic mass is 9.95. The highest BCUT2D eigenvalue weighted by Gasteiger charge is 2.38. The van der Waals surface area contributed by atoms with Crippen LogP contribution < -0.4 is 16.4 Å². The molecule has 1 aliphatic carbocycles. The standard InChI is InChI=1S/C13H15F3N2O2.C9H17N3O.C2H2/c14-13(15,16)11-8-10(6-7-12(11)18(19)20)17-9-4-2-1-3-5-9;1-8(6-9(13)7-10)12-4-2-11-3-5-12;1-2/h6-9,17H,1-5H2;6-7,11,13H,2-5,10H2,1H3;1-2H/b;8-6+,9-7+;. The Morgan fingerprint density at radius 3 is 2.37 bits per heavy atom. The van der Waals surface area contributed by atoms with Crippen molar-refractivity contribution in [2.24, 2.45) is 5.73 Å². The van der Waals surface area contributed by atoms with Gasteiger partial charge >= 0.3 is 6.18 Å². The molecular formula is C24H34F3N5O3. The quantitative estimate of drug-likeness (QED) is 0.152. The van der Waals surface area contributed by atoms with Gasteiger partial charge in [-0.05, 0) is 31.9 Å². The number of piperazine rings is 1. The fourth-order valence-electron chi connectivity index (χ4n) is 3.87. The molecule has 0 atom stereocenters. The first-order valence-corrected chi connectivity index (χ1v) is 11.3. The molecule has 0 amide bonds. The molecule has 1 saturated carbocycles. The predicted octanol–water partition coefficient (Wildman–Crippen LogP) is 4.76. The number of aliphatic hydroxyl groups is 1. The van der Waals surface area contributed by atoms with Crippen molar-refractivity contribution in [1.82, 2.24) is 10.2 Å². The Kier molecular flexibility index (Phi) is 12.5. The summed E-state index contributed by atoms with van der Waals surface area (Å²) >= 11 is 0. The first-order valence-electron chi connectivity index (χ1n) is 11.3. The fraction of sp³-hybridized carbons (Fsp3) is 0.500. The molecule has 1 aromatic carbocycles. The van der Waals surface area contributed by atoms with E-state index in [1.165, 1.54) is 12.3 Å². The van der Waals surface area contributed by atoms with E-state index in [4.69, 9.17) is 5.73 Å². The van der Waals surface area contributed by atoms with E-state index < -0.39 is 22.4 Å². The van der Waals surface area contributed by atoms with Crippen LogP contribution in [0.4, 0.5) is 24.5 Å². The average molecular weight is 498 g/mol. The molecule has 0 radical (unpaired) electrons. The molecular weight excluding hydrogens is 463 g/mol. The van der Waals surface area contributed by atoms with Gasteiger partial charge < -0.3 is 26.4 Å². The SMILES string of the molecule is C#C.C/C(=C\C(O)=C/N)N1CCNCC1.O=[N+]([O-])c1ccc(NC2CCCCC2)cc1C(F)(F)F. The summed E-state index contributed by atoms with van der Waals surface area (Å²) in [5.41, 5.74) is 4.39. The zero-order valence-electron chi connectivity index (χ0n) is 19.9. The number of nitro groups is 1. The number of nitrogens with two attached hydrogens (primary N) is 1. The number of alkyl halides is 3. The number of benzene rings is 1. The van der Waals surface area contributed by atoms with Gasteiger partial charge in [-0.2, -0.15) is 13.2 Å². The van der Waals surface area contributed by atoms with E-state index in [2.05, 4.69) is 28.4 Å². The molecule has 1 saturated heterocycles. The number of aliphatic hydroxyl groups excluding tert-OH is 1. The van der Waals surface area contributed by atoms with Crippen molar-refractivity contribution in [3.05, 3.63) is 57.6 Å². The molecule has 35 heavy (non-hydrogen) atoms. The molecule has 0 bridgehead atoms. The van der Waals surface area contributed by atoms with Gasteiger partial charge in [-0.1, -0.05) is 19.3 Å². The van der Waals surface area contributed by atoms with Gasteiger partial charge in [0, 0.05) is 61.9 Å². The van der Waals surface area contributed by atoms with Crippen LogP contribution in [-0.4, -0.2) is 47.2 Å². The van der Waals surface area contributed by atoms with Gasteiger partial charge in [0.2, 0.25) is 0 Å². The molecule has 1 aromatic rings. The maximum absolute atomic E-state index is 12.8. The monoisotopic (exact) mass is 497 g/mol. The summed E-state index contributed by atoms with van der Waals surface area (Å²) in [7, 11) is 0. The van der Waals surface area contributed by atoms with Crippen LogP contribution in [0.5, 0.6) is 0 Å². The Hall–Kier alpha value is -3.39. The number of hydrogen-bond donors (Lipinski definition) is 4. The molecule has 0 unspecified atom stereocenters. The topological polar surface area (TPSA) is 117 Å². The second-order valence-corrected chi connectivity index (χ2v) is 8.08. The molecule has 11 heteroatoms. The van der Waals surface area contributed by atoms with E-state index in [0.29, 0.717) is 0 Å². The lowest BCUT2D eigenvalue weighted by Gasteiger charge is -2.29. The zero-order valence-corrected chi connectivity index (χ0v) is 19.9. The van der Waals surface area contributed by atoms with Crippen molar-refractivity contribution in [2.45, 2.75) is 51.2 Å². The van der Waals surface area contributed by atoms with Gasteiger partial charge in [0.1, 0.15) is 11.3 Å². The molecule has 5 N–H and O–H groups in total. The lowest BCUT2D eigenvalue weighted by Crippen LogP contribution is -2.42. The van der Waals surface area contributed by atoms with E-state index in [1.807, 2.05) is 6.92 Å². The fourth-order valence-corrected chi connectivity index (χ4v) is 3.87. The van der Waals surface area contributed by atoms with Crippen molar-refractivity contribution in [2.75, 3.05) is 31.5 Å². The molecule has 1 aliphatic heterocycles. The van der Waals surface area contributed by atoms with Crippen LogP contribution >= 0.6 is 0 Å². The van der Waals surface area contributed by atoms with Crippen LogP contribution in [0.1, 0.15) is 44.6 Å². The van der Waals surface area contributed by atoms with Crippen molar-refractivity contribution in [1.29, 1.82) is 0 Å². The third-order valence-electron chi connectivity index (χ3n) is 5.62. The summed E-state index contributed by atoms with van der Waals surface area (Å²) in [6, 6.07) is 3.22. The van der Waals surface area contributed by atoms with E-state index in [1.54, 1.807) is 6.08 Å². The number of nitrogens with one attached hydrogen (secondary N) is 2. The third-order valence-corrected chi connectivity index (χ3v) is 5.62. The Morgan fingerprint density at radius 2 is 1.86 bits per heavy atom. The number of rotatable bonds is 5. The molecule has 2 fully saturated rings. The Labute approximate surface area is 204 Å². The van der Waals surface area contributed by atoms with Crippen LogP contribution in [0, 0.1) is 23.0 Å². The molecule has 0 spiro atoms. The number of hydrogen-bond acceptors (Lipinski definition) is 7. The van der Waals surface area contributed by atoms with E-state index in [-0.39, 0.29) is 17.5 Å². The maximum Gasteiger partial charge on any atom is 0.423 e. The van der Waals surface area contributed by atoms with Gasteiger partial charge in [-0.15, -0.1) is 12.8 Å². The summed E-state index contributed by atoms with van der Waals surface area (Å²) in [4.78, 5) is 11.9. The molecule has 3 rings (SSSR count). The molecule has 194 valence electrons. The highest BCUT2D eigenvalue weighted by molar-refractivity contribution is 5.55. The minimum atomic E-state index is -4.73. The number of nitro benzene ring substituents is 1. The zero-order chi connectivity index (χ0) is 26.4. The Morgan fingerprint density at radius 1 is 1.26 bits per heavy atom. The minimum Gasteiger partial charge on any atom is -0.506 e. The highest BCUT2D eigenvalue weighted by atomic mass is 19.4. The highest BCUT2D eigenvalue weighted by Crippen LogP contribution is 2.38. The third kappa shape index (κ3) is 10.2. The summed E-state index contributed by atoms with van der Waals surface area (Å²) in [5, 5.41) is 26.1. The summed E-state index contributed by atoms with van der Waals surface area (Å²) in [5.74, 6) is 0.121. The van der Waals surface area contributed by atoms with Crippen molar-refractivity contribution in [3.8, 4) is 12.8 Å². The van der Waals surface area contributed by atoms with Gasteiger partial charge in [-0.3, -0.25) is 10.1 Å². The molecule has 1 heterocycles. The van der Waals surface area contributed by atoms with Gasteiger partial charge in [0.05, 0.1) is 4.92 Å². The maximum atomic E-state index is 12.8. The summed E-state index contributed by atoms with van der Waals surface area (Å²) in [6.07, 6.45) is 11.2. The summed E-state index contributed by atoms with van der Waals surface area (Å²) in [6.45, 7) is 5.95. The smallest absolute Gasteiger partial charge is 0.423 e. The normalized spacial score (nSPS) is 17.4. The summed E-state index contributed by atoms with van der Waals surface area (Å²) < 4.78 is 38.5. The lowest BCUT2D eigenvalue weighted by molar-refractivity contribution is -0.388. The van der Waals surface area contributed by atoms with E-state index in [0.717, 1.165) is 76.1 Å². The minimum absolute atomic E-state index is 0.121. The van der Waals surface area contributed by atoms with E-state index >= 15 is 0 Å². The van der Waals surface area contributed by atoms with Crippen LogP contribution in [-0.2, 0) is 6.18 Å². The van der Waals surface area contributed by atoms with E-state index in [9.17, 15) is 28.4 Å². The number of halogens is 3. The number of allylic oxidation sites excluding steroid dienone is 2. The number of nitrogens with zero attached hydrogens (tertiary/aromatic N) is 2. The molecule has 0 aromatic heterocycles. The molecule has 2 aliphatic rings. The number of terminal acetylenes is 1. The number of anilines is 1. The molecule has 8 nitrogen and oxygen atoms in total. The van der Waals surface area contributed by atoms with Gasteiger partial charge in [0.15, 0.2) is 0 Å².